The highest BCUT2D eigenvalue weighted by atomic mass is 32.2. The van der Waals surface area contributed by atoms with Gasteiger partial charge in [-0.3, -0.25) is 0 Å². The smallest absolute Gasteiger partial charge is 0.243 e. The molecule has 0 aliphatic rings. The molecule has 19 heavy (non-hydrogen) atoms. The molecule has 0 bridgehead atoms. The highest BCUT2D eigenvalue weighted by Gasteiger charge is 2.22. The Labute approximate surface area is 117 Å². The Morgan fingerprint density at radius 2 is 2.05 bits per heavy atom. The predicted octanol–water partition coefficient (Wildman–Crippen LogP) is 2.46. The Balaban J connectivity index is 2.31. The second kappa shape index (κ2) is 5.32. The molecule has 0 aliphatic carbocycles. The van der Waals surface area contributed by atoms with Gasteiger partial charge in [0, 0.05) is 19.3 Å². The zero-order valence-corrected chi connectivity index (χ0v) is 12.5. The standard InChI is InChI=1S/C13H16N2O2S2/c1-10-7-12(14)3-4-13(10)19(16,17)15(2)8-11-5-6-18-9-11/h3-7,9H,8,14H2,1-2H3. The maximum Gasteiger partial charge on any atom is 0.243 e. The molecule has 0 saturated carbocycles. The van der Waals surface area contributed by atoms with E-state index in [2.05, 4.69) is 0 Å². The van der Waals surface area contributed by atoms with Crippen LogP contribution in [0.4, 0.5) is 5.69 Å². The van der Waals surface area contributed by atoms with Crippen molar-refractivity contribution in [2.75, 3.05) is 12.8 Å². The fourth-order valence-corrected chi connectivity index (χ4v) is 3.88. The van der Waals surface area contributed by atoms with Gasteiger partial charge in [-0.05, 0) is 53.1 Å². The van der Waals surface area contributed by atoms with Crippen molar-refractivity contribution in [2.45, 2.75) is 18.4 Å². The van der Waals surface area contributed by atoms with Crippen LogP contribution in [0.2, 0.25) is 0 Å². The van der Waals surface area contributed by atoms with Gasteiger partial charge in [0.1, 0.15) is 0 Å². The van der Waals surface area contributed by atoms with Crippen LogP contribution in [0.15, 0.2) is 39.9 Å². The first kappa shape index (κ1) is 14.0. The van der Waals surface area contributed by atoms with Crippen LogP contribution >= 0.6 is 11.3 Å². The number of benzene rings is 1. The van der Waals surface area contributed by atoms with Crippen molar-refractivity contribution in [1.82, 2.24) is 4.31 Å². The first-order valence-corrected chi connectivity index (χ1v) is 8.13. The van der Waals surface area contributed by atoms with E-state index in [4.69, 9.17) is 5.73 Å². The van der Waals surface area contributed by atoms with Gasteiger partial charge in [-0.25, -0.2) is 8.42 Å². The lowest BCUT2D eigenvalue weighted by Crippen LogP contribution is -2.27. The van der Waals surface area contributed by atoms with Crippen LogP contribution in [0.3, 0.4) is 0 Å². The van der Waals surface area contributed by atoms with Gasteiger partial charge in [0.2, 0.25) is 10.0 Å². The molecule has 1 aromatic carbocycles. The second-order valence-corrected chi connectivity index (χ2v) is 7.21. The second-order valence-electron chi connectivity index (χ2n) is 4.42. The van der Waals surface area contributed by atoms with Gasteiger partial charge in [0.05, 0.1) is 4.90 Å². The molecule has 0 atom stereocenters. The van der Waals surface area contributed by atoms with Crippen molar-refractivity contribution in [1.29, 1.82) is 0 Å². The van der Waals surface area contributed by atoms with Crippen molar-refractivity contribution in [3.8, 4) is 0 Å². The third-order valence-corrected chi connectivity index (χ3v) is 5.57. The minimum absolute atomic E-state index is 0.305. The quantitative estimate of drug-likeness (QED) is 0.882. The van der Waals surface area contributed by atoms with Gasteiger partial charge in [0.15, 0.2) is 0 Å². The molecular formula is C13H16N2O2S2. The SMILES string of the molecule is Cc1cc(N)ccc1S(=O)(=O)N(C)Cc1ccsc1. The number of sulfonamides is 1. The minimum atomic E-state index is -3.48. The zero-order chi connectivity index (χ0) is 14.0. The van der Waals surface area contributed by atoms with Crippen molar-refractivity contribution < 1.29 is 8.42 Å². The van der Waals surface area contributed by atoms with E-state index < -0.39 is 10.0 Å². The van der Waals surface area contributed by atoms with E-state index >= 15 is 0 Å². The fourth-order valence-electron chi connectivity index (χ4n) is 1.85. The largest absolute Gasteiger partial charge is 0.399 e. The first-order valence-electron chi connectivity index (χ1n) is 5.75. The molecule has 1 aromatic heterocycles. The van der Waals surface area contributed by atoms with Gasteiger partial charge in [0.25, 0.3) is 0 Å². The minimum Gasteiger partial charge on any atom is -0.399 e. The molecular weight excluding hydrogens is 280 g/mol. The summed E-state index contributed by atoms with van der Waals surface area (Å²) in [6.07, 6.45) is 0. The average Bonchev–Trinajstić information content (AvgIpc) is 2.81. The molecule has 0 fully saturated rings. The van der Waals surface area contributed by atoms with Gasteiger partial charge < -0.3 is 5.73 Å². The van der Waals surface area contributed by atoms with Crippen LogP contribution in [0.1, 0.15) is 11.1 Å². The van der Waals surface area contributed by atoms with Crippen LogP contribution in [-0.4, -0.2) is 19.8 Å². The molecule has 6 heteroatoms. The number of nitrogens with zero attached hydrogens (tertiary/aromatic N) is 1. The van der Waals surface area contributed by atoms with E-state index in [9.17, 15) is 8.42 Å². The van der Waals surface area contributed by atoms with Crippen molar-refractivity contribution in [3.05, 3.63) is 46.2 Å². The third kappa shape index (κ3) is 2.97. The number of nitrogens with two attached hydrogens (primary N) is 1. The van der Waals surface area contributed by atoms with E-state index in [-0.39, 0.29) is 0 Å². The van der Waals surface area contributed by atoms with E-state index in [1.165, 1.54) is 4.31 Å². The van der Waals surface area contributed by atoms with Crippen molar-refractivity contribution >= 4 is 27.0 Å². The highest BCUT2D eigenvalue weighted by molar-refractivity contribution is 7.89. The number of nitrogen functional groups attached to an aromatic ring is 1. The molecule has 102 valence electrons. The first-order chi connectivity index (χ1) is 8.91. The number of anilines is 1. The van der Waals surface area contributed by atoms with E-state index in [0.29, 0.717) is 22.7 Å². The number of hydrogen-bond donors (Lipinski definition) is 1. The molecule has 0 amide bonds. The van der Waals surface area contributed by atoms with Crippen LogP contribution < -0.4 is 5.73 Å². The molecule has 0 unspecified atom stereocenters. The molecule has 0 saturated heterocycles. The lowest BCUT2D eigenvalue weighted by atomic mass is 10.2. The summed E-state index contributed by atoms with van der Waals surface area (Å²) in [4.78, 5) is 0.305. The maximum atomic E-state index is 12.5. The summed E-state index contributed by atoms with van der Waals surface area (Å²) in [5, 5.41) is 3.88. The van der Waals surface area contributed by atoms with Crippen LogP contribution in [0.25, 0.3) is 0 Å². The van der Waals surface area contributed by atoms with Gasteiger partial charge in [-0.1, -0.05) is 0 Å². The summed E-state index contributed by atoms with van der Waals surface area (Å²) < 4.78 is 26.3. The summed E-state index contributed by atoms with van der Waals surface area (Å²) >= 11 is 1.56. The van der Waals surface area contributed by atoms with Gasteiger partial charge in [-0.15, -0.1) is 0 Å². The van der Waals surface area contributed by atoms with Crippen molar-refractivity contribution in [2.24, 2.45) is 0 Å². The maximum absolute atomic E-state index is 12.5. The Morgan fingerprint density at radius 1 is 1.32 bits per heavy atom. The summed E-state index contributed by atoms with van der Waals surface area (Å²) in [7, 11) is -1.89. The number of hydrogen-bond acceptors (Lipinski definition) is 4. The van der Waals surface area contributed by atoms with Gasteiger partial charge in [-0.2, -0.15) is 15.6 Å². The normalized spacial score (nSPS) is 11.9. The monoisotopic (exact) mass is 296 g/mol. The molecule has 0 spiro atoms. The summed E-state index contributed by atoms with van der Waals surface area (Å²) in [6.45, 7) is 2.12. The molecule has 1 heterocycles. The molecule has 2 N–H and O–H groups in total. The summed E-state index contributed by atoms with van der Waals surface area (Å²) in [5.74, 6) is 0. The van der Waals surface area contributed by atoms with Crippen LogP contribution in [0, 0.1) is 6.92 Å². The topological polar surface area (TPSA) is 63.4 Å². The van der Waals surface area contributed by atoms with Gasteiger partial charge >= 0.3 is 0 Å². The number of aryl methyl sites for hydroxylation is 1. The Hall–Kier alpha value is -1.37. The highest BCUT2D eigenvalue weighted by Crippen LogP contribution is 2.22. The lowest BCUT2D eigenvalue weighted by molar-refractivity contribution is 0.467. The Kier molecular flexibility index (Phi) is 3.93. The molecule has 4 nitrogen and oxygen atoms in total. The number of rotatable bonds is 4. The van der Waals surface area contributed by atoms with E-state index in [1.54, 1.807) is 43.5 Å². The average molecular weight is 296 g/mol. The van der Waals surface area contributed by atoms with Crippen LogP contribution in [0.5, 0.6) is 0 Å². The summed E-state index contributed by atoms with van der Waals surface area (Å²) in [5.41, 5.74) is 7.87. The third-order valence-electron chi connectivity index (χ3n) is 2.87. The number of thiophene rings is 1. The zero-order valence-electron chi connectivity index (χ0n) is 10.8. The summed E-state index contributed by atoms with van der Waals surface area (Å²) in [6, 6.07) is 6.76. The van der Waals surface area contributed by atoms with Crippen LogP contribution in [-0.2, 0) is 16.6 Å². The van der Waals surface area contributed by atoms with E-state index in [1.807, 2.05) is 16.8 Å². The fraction of sp³-hybridized carbons (Fsp3) is 0.231. The molecule has 2 aromatic rings. The molecule has 0 radical (unpaired) electrons. The predicted molar refractivity (Wildman–Crippen MR) is 78.6 cm³/mol. The molecule has 0 aliphatic heterocycles. The molecule has 2 rings (SSSR count). The Morgan fingerprint density at radius 3 is 2.63 bits per heavy atom. The lowest BCUT2D eigenvalue weighted by Gasteiger charge is -2.18. The van der Waals surface area contributed by atoms with Crippen molar-refractivity contribution in [3.63, 3.8) is 0 Å². The Bertz CT molecular complexity index is 664. The van der Waals surface area contributed by atoms with E-state index in [0.717, 1.165) is 5.56 Å².